The molecule has 0 bridgehead atoms. The molecule has 1 fully saturated rings. The molecule has 1 N–H and O–H groups in total. The van der Waals surface area contributed by atoms with E-state index in [0.29, 0.717) is 5.92 Å². The molecule has 0 saturated carbocycles. The zero-order valence-electron chi connectivity index (χ0n) is 12.5. The summed E-state index contributed by atoms with van der Waals surface area (Å²) in [6, 6.07) is 8.65. The van der Waals surface area contributed by atoms with Crippen molar-refractivity contribution in [2.75, 3.05) is 26.2 Å². The molecule has 0 radical (unpaired) electrons. The summed E-state index contributed by atoms with van der Waals surface area (Å²) in [5.74, 6) is 1.66. The summed E-state index contributed by atoms with van der Waals surface area (Å²) in [6.45, 7) is 9.16. The van der Waals surface area contributed by atoms with Gasteiger partial charge in [0, 0.05) is 0 Å². The number of ether oxygens (including phenoxy) is 1. The minimum absolute atomic E-state index is 0.645. The van der Waals surface area contributed by atoms with Crippen LogP contribution in [-0.2, 0) is 0 Å². The van der Waals surface area contributed by atoms with Gasteiger partial charge in [0.05, 0.1) is 13.1 Å². The summed E-state index contributed by atoms with van der Waals surface area (Å²) in [5.41, 5.74) is 1.41. The molecule has 106 valence electrons. The zero-order chi connectivity index (χ0) is 13.5. The van der Waals surface area contributed by atoms with Crippen LogP contribution in [0.25, 0.3) is 0 Å². The normalized spacial score (nSPS) is 18.2. The number of benzene rings is 1. The molecule has 0 aromatic heterocycles. The van der Waals surface area contributed by atoms with E-state index in [1.807, 2.05) is 0 Å². The molecule has 19 heavy (non-hydrogen) atoms. The Balaban J connectivity index is 1.73. The highest BCUT2D eigenvalue weighted by Crippen LogP contribution is 2.21. The Labute approximate surface area is 117 Å². The first kappa shape index (κ1) is 14.4. The molecule has 0 spiro atoms. The summed E-state index contributed by atoms with van der Waals surface area (Å²) in [4.78, 5) is 1.71. The van der Waals surface area contributed by atoms with Crippen LogP contribution in [0.1, 0.15) is 51.0 Å². The van der Waals surface area contributed by atoms with Gasteiger partial charge in [-0.1, -0.05) is 26.0 Å². The molecule has 1 atom stereocenters. The van der Waals surface area contributed by atoms with Crippen LogP contribution in [0.3, 0.4) is 0 Å². The second-order valence-electron chi connectivity index (χ2n) is 5.79. The predicted molar refractivity (Wildman–Crippen MR) is 80.1 cm³/mol. The van der Waals surface area contributed by atoms with Gasteiger partial charge in [-0.3, -0.25) is 0 Å². The summed E-state index contributed by atoms with van der Waals surface area (Å²) < 4.78 is 5.86. The quantitative estimate of drug-likeness (QED) is 0.832. The van der Waals surface area contributed by atoms with Crippen molar-refractivity contribution in [3.8, 4) is 5.75 Å². The molecule has 1 aromatic carbocycles. The lowest BCUT2D eigenvalue weighted by atomic mass is 9.99. The van der Waals surface area contributed by atoms with Gasteiger partial charge in [0.15, 0.2) is 0 Å². The van der Waals surface area contributed by atoms with Crippen molar-refractivity contribution in [2.45, 2.75) is 45.4 Å². The molecule has 1 saturated heterocycles. The highest BCUT2D eigenvalue weighted by Gasteiger charge is 2.12. The highest BCUT2D eigenvalue weighted by molar-refractivity contribution is 5.29. The number of rotatable bonds is 6. The van der Waals surface area contributed by atoms with Gasteiger partial charge in [0.25, 0.3) is 0 Å². The van der Waals surface area contributed by atoms with Crippen molar-refractivity contribution in [3.63, 3.8) is 0 Å². The largest absolute Gasteiger partial charge is 0.488 e. The number of quaternary nitrogens is 1. The molecule has 2 rings (SSSR count). The predicted octanol–water partition coefficient (Wildman–Crippen LogP) is 2.65. The van der Waals surface area contributed by atoms with Crippen molar-refractivity contribution in [3.05, 3.63) is 29.8 Å². The van der Waals surface area contributed by atoms with Crippen molar-refractivity contribution >= 4 is 0 Å². The van der Waals surface area contributed by atoms with Gasteiger partial charge in [-0.25, -0.2) is 0 Å². The number of piperidine rings is 1. The second kappa shape index (κ2) is 7.54. The first-order chi connectivity index (χ1) is 9.29. The number of hydrogen-bond acceptors (Lipinski definition) is 1. The monoisotopic (exact) mass is 262 g/mol. The Morgan fingerprint density at radius 3 is 2.42 bits per heavy atom. The first-order valence-electron chi connectivity index (χ1n) is 7.86. The first-order valence-corrected chi connectivity index (χ1v) is 7.86. The van der Waals surface area contributed by atoms with E-state index < -0.39 is 0 Å². The van der Waals surface area contributed by atoms with Gasteiger partial charge < -0.3 is 9.64 Å². The van der Waals surface area contributed by atoms with Crippen LogP contribution in [0, 0.1) is 0 Å². The third kappa shape index (κ3) is 4.54. The number of likely N-dealkylation sites (tertiary alicyclic amines) is 1. The molecular formula is C17H28NO+. The van der Waals surface area contributed by atoms with Crippen LogP contribution < -0.4 is 9.64 Å². The molecule has 0 unspecified atom stereocenters. The Morgan fingerprint density at radius 1 is 1.11 bits per heavy atom. The van der Waals surface area contributed by atoms with Crippen LogP contribution in [0.2, 0.25) is 0 Å². The maximum absolute atomic E-state index is 5.86. The third-order valence-corrected chi connectivity index (χ3v) is 4.35. The summed E-state index contributed by atoms with van der Waals surface area (Å²) in [6.07, 6.45) is 5.39. The van der Waals surface area contributed by atoms with Crippen LogP contribution in [0.5, 0.6) is 5.75 Å². The standard InChI is InChI=1S/C17H27NO/c1-3-15(2)16-7-9-17(10-8-16)19-14-13-18-11-5-4-6-12-18/h7-10,15H,3-6,11-14H2,1-2H3/p+1/t15-/m1/s1. The van der Waals surface area contributed by atoms with Crippen molar-refractivity contribution in [1.82, 2.24) is 0 Å². The van der Waals surface area contributed by atoms with Gasteiger partial charge in [-0.2, -0.15) is 0 Å². The van der Waals surface area contributed by atoms with Crippen molar-refractivity contribution in [1.29, 1.82) is 0 Å². The fourth-order valence-electron chi connectivity index (χ4n) is 2.74. The molecule has 2 heteroatoms. The Hall–Kier alpha value is -1.02. The third-order valence-electron chi connectivity index (χ3n) is 4.35. The lowest BCUT2D eigenvalue weighted by molar-refractivity contribution is -0.904. The minimum atomic E-state index is 0.645. The topological polar surface area (TPSA) is 13.7 Å². The number of hydrogen-bond donors (Lipinski definition) is 1. The molecule has 0 amide bonds. The van der Waals surface area contributed by atoms with Crippen LogP contribution in [0.4, 0.5) is 0 Å². The highest BCUT2D eigenvalue weighted by atomic mass is 16.5. The SMILES string of the molecule is CC[C@@H](C)c1ccc(OCC[NH+]2CCCCC2)cc1. The molecule has 1 heterocycles. The van der Waals surface area contributed by atoms with E-state index in [4.69, 9.17) is 4.74 Å². The smallest absolute Gasteiger partial charge is 0.137 e. The van der Waals surface area contributed by atoms with Gasteiger partial charge in [0.1, 0.15) is 18.9 Å². The van der Waals surface area contributed by atoms with Crippen LogP contribution in [0.15, 0.2) is 24.3 Å². The summed E-state index contributed by atoms with van der Waals surface area (Å²) >= 11 is 0. The van der Waals surface area contributed by atoms with Gasteiger partial charge >= 0.3 is 0 Å². The van der Waals surface area contributed by atoms with E-state index in [1.165, 1.54) is 44.3 Å². The molecule has 2 nitrogen and oxygen atoms in total. The van der Waals surface area contributed by atoms with E-state index in [1.54, 1.807) is 4.90 Å². The molecule has 1 aliphatic heterocycles. The van der Waals surface area contributed by atoms with Gasteiger partial charge in [-0.05, 0) is 49.3 Å². The lowest BCUT2D eigenvalue weighted by Crippen LogP contribution is -3.13. The minimum Gasteiger partial charge on any atom is -0.488 e. The fourth-order valence-corrected chi connectivity index (χ4v) is 2.74. The van der Waals surface area contributed by atoms with Crippen LogP contribution in [-0.4, -0.2) is 26.2 Å². The van der Waals surface area contributed by atoms with E-state index >= 15 is 0 Å². The average Bonchev–Trinajstić information content (AvgIpc) is 2.48. The molecular weight excluding hydrogens is 234 g/mol. The summed E-state index contributed by atoms with van der Waals surface area (Å²) in [7, 11) is 0. The molecule has 1 aromatic rings. The average molecular weight is 262 g/mol. The molecule has 1 aliphatic rings. The fraction of sp³-hybridized carbons (Fsp3) is 0.647. The number of nitrogens with one attached hydrogen (secondary N) is 1. The summed E-state index contributed by atoms with van der Waals surface area (Å²) in [5, 5.41) is 0. The van der Waals surface area contributed by atoms with E-state index in [9.17, 15) is 0 Å². The zero-order valence-corrected chi connectivity index (χ0v) is 12.5. The van der Waals surface area contributed by atoms with E-state index in [2.05, 4.69) is 38.1 Å². The lowest BCUT2D eigenvalue weighted by Gasteiger charge is -2.23. The second-order valence-corrected chi connectivity index (χ2v) is 5.79. The van der Waals surface area contributed by atoms with Gasteiger partial charge in [0.2, 0.25) is 0 Å². The van der Waals surface area contributed by atoms with Crippen molar-refractivity contribution in [2.24, 2.45) is 0 Å². The van der Waals surface area contributed by atoms with E-state index in [-0.39, 0.29) is 0 Å². The Morgan fingerprint density at radius 2 is 1.79 bits per heavy atom. The Bertz CT molecular complexity index is 354. The van der Waals surface area contributed by atoms with Gasteiger partial charge in [-0.15, -0.1) is 0 Å². The maximum atomic E-state index is 5.86. The Kier molecular flexibility index (Phi) is 5.71. The molecule has 0 aliphatic carbocycles. The van der Waals surface area contributed by atoms with Crippen molar-refractivity contribution < 1.29 is 9.64 Å². The van der Waals surface area contributed by atoms with Crippen LogP contribution >= 0.6 is 0 Å². The maximum Gasteiger partial charge on any atom is 0.137 e. The van der Waals surface area contributed by atoms with E-state index in [0.717, 1.165) is 18.9 Å².